The van der Waals surface area contributed by atoms with E-state index in [1.807, 2.05) is 24.3 Å². The molecule has 1 aliphatic rings. The van der Waals surface area contributed by atoms with Gasteiger partial charge in [0, 0.05) is 31.6 Å². The molecule has 2 aromatic heterocycles. The van der Waals surface area contributed by atoms with E-state index in [-0.39, 0.29) is 23.5 Å². The van der Waals surface area contributed by atoms with Crippen molar-refractivity contribution in [2.45, 2.75) is 31.3 Å². The quantitative estimate of drug-likeness (QED) is 0.168. The number of amidine groups is 1. The maximum absolute atomic E-state index is 13.3. The number of primary amides is 1. The molecule has 35 heavy (non-hydrogen) atoms. The third kappa shape index (κ3) is 5.80. The highest BCUT2D eigenvalue weighted by Gasteiger charge is 2.34. The van der Waals surface area contributed by atoms with Crippen LogP contribution in [0.4, 0.5) is 10.1 Å². The fourth-order valence-corrected chi connectivity index (χ4v) is 4.11. The molecule has 3 aromatic rings. The number of benzene rings is 1. The van der Waals surface area contributed by atoms with Gasteiger partial charge in [0.15, 0.2) is 0 Å². The maximum Gasteiger partial charge on any atom is 0.253 e. The van der Waals surface area contributed by atoms with Gasteiger partial charge in [-0.15, -0.1) is 0 Å². The number of pyridine rings is 1. The summed E-state index contributed by atoms with van der Waals surface area (Å²) in [5, 5.41) is 12.7. The second-order valence-corrected chi connectivity index (χ2v) is 8.49. The molecule has 1 saturated heterocycles. The van der Waals surface area contributed by atoms with Crippen molar-refractivity contribution in [3.8, 4) is 6.07 Å². The number of nitrogens with two attached hydrogens (primary N) is 2. The highest BCUT2D eigenvalue weighted by atomic mass is 19.1. The van der Waals surface area contributed by atoms with E-state index in [2.05, 4.69) is 36.2 Å². The molecule has 180 valence electrons. The summed E-state index contributed by atoms with van der Waals surface area (Å²) in [4.78, 5) is 29.8. The number of carbonyl (C=O) groups is 1. The van der Waals surface area contributed by atoms with Gasteiger partial charge >= 0.3 is 0 Å². The number of likely N-dealkylation sites (tertiary alicyclic amines) is 1. The lowest BCUT2D eigenvalue weighted by molar-refractivity contribution is -0.114. The van der Waals surface area contributed by atoms with Crippen LogP contribution in [0.3, 0.4) is 0 Å². The Morgan fingerprint density at radius 1 is 1.31 bits per heavy atom. The first-order valence-corrected chi connectivity index (χ1v) is 11.1. The molecule has 0 atom stereocenters. The zero-order chi connectivity index (χ0) is 24.8. The van der Waals surface area contributed by atoms with E-state index in [0.29, 0.717) is 19.4 Å². The van der Waals surface area contributed by atoms with Crippen molar-refractivity contribution in [1.29, 1.82) is 5.26 Å². The summed E-state index contributed by atoms with van der Waals surface area (Å²) in [6.07, 6.45) is 4.21. The fourth-order valence-electron chi connectivity index (χ4n) is 4.11. The minimum atomic E-state index is -0.789. The Balaban J connectivity index is 1.45. The molecule has 0 aliphatic carbocycles. The lowest BCUT2D eigenvalue weighted by Crippen LogP contribution is -2.51. The third-order valence-electron chi connectivity index (χ3n) is 6.07. The Morgan fingerprint density at radius 3 is 2.77 bits per heavy atom. The number of para-hydroxylation sites is 2. The van der Waals surface area contributed by atoms with E-state index in [1.54, 1.807) is 0 Å². The van der Waals surface area contributed by atoms with Crippen LogP contribution in [0.5, 0.6) is 0 Å². The SMILES string of the molecule is N#CCC1(N/C=C(/C(N)=O)C(N)=Nc2ccnc(F)c2)CCN(Cc2nc3ccccc3[nH]2)CC1. The number of carbonyl (C=O) groups excluding carboxylic acids is 1. The normalized spacial score (nSPS) is 16.7. The fraction of sp³-hybridized carbons (Fsp3) is 0.292. The molecule has 10 nitrogen and oxygen atoms in total. The number of aromatic nitrogens is 3. The zero-order valence-corrected chi connectivity index (χ0v) is 19.0. The van der Waals surface area contributed by atoms with Gasteiger partial charge in [-0.2, -0.15) is 9.65 Å². The van der Waals surface area contributed by atoms with Gasteiger partial charge in [0.25, 0.3) is 5.91 Å². The van der Waals surface area contributed by atoms with Crippen molar-refractivity contribution in [2.24, 2.45) is 16.5 Å². The Hall–Kier alpha value is -4.30. The summed E-state index contributed by atoms with van der Waals surface area (Å²) >= 11 is 0. The van der Waals surface area contributed by atoms with Crippen LogP contribution in [0.15, 0.2) is 59.4 Å². The van der Waals surface area contributed by atoms with Gasteiger partial charge in [0.05, 0.1) is 46.9 Å². The minimum Gasteiger partial charge on any atom is -0.384 e. The number of halogens is 1. The number of nitrogens with zero attached hydrogens (tertiary/aromatic N) is 5. The van der Waals surface area contributed by atoms with Crippen LogP contribution >= 0.6 is 0 Å². The predicted molar refractivity (Wildman–Crippen MR) is 129 cm³/mol. The largest absolute Gasteiger partial charge is 0.384 e. The molecule has 0 spiro atoms. The number of fused-ring (bicyclic) bond motifs is 1. The summed E-state index contributed by atoms with van der Waals surface area (Å²) in [7, 11) is 0. The number of aromatic amines is 1. The highest BCUT2D eigenvalue weighted by molar-refractivity contribution is 6.20. The summed E-state index contributed by atoms with van der Waals surface area (Å²) in [5.74, 6) is -0.781. The molecule has 1 aliphatic heterocycles. The molecule has 0 radical (unpaired) electrons. The molecule has 1 aromatic carbocycles. The molecule has 0 unspecified atom stereocenters. The molecule has 3 heterocycles. The summed E-state index contributed by atoms with van der Waals surface area (Å²) in [5.41, 5.74) is 13.0. The highest BCUT2D eigenvalue weighted by Crippen LogP contribution is 2.27. The van der Waals surface area contributed by atoms with E-state index in [4.69, 9.17) is 11.5 Å². The number of H-pyrrole nitrogens is 1. The van der Waals surface area contributed by atoms with Gasteiger partial charge in [0.1, 0.15) is 11.7 Å². The Labute approximate surface area is 201 Å². The number of nitrogens with one attached hydrogen (secondary N) is 2. The third-order valence-corrected chi connectivity index (χ3v) is 6.07. The molecule has 1 amide bonds. The predicted octanol–water partition coefficient (Wildman–Crippen LogP) is 1.99. The van der Waals surface area contributed by atoms with Crippen LogP contribution < -0.4 is 16.8 Å². The number of hydrogen-bond donors (Lipinski definition) is 4. The van der Waals surface area contributed by atoms with E-state index in [1.165, 1.54) is 18.5 Å². The summed E-state index contributed by atoms with van der Waals surface area (Å²) in [6.45, 7) is 2.12. The summed E-state index contributed by atoms with van der Waals surface area (Å²) in [6, 6.07) is 12.7. The first-order valence-electron chi connectivity index (χ1n) is 11.1. The lowest BCUT2D eigenvalue weighted by Gasteiger charge is -2.40. The number of imidazole rings is 1. The van der Waals surface area contributed by atoms with E-state index < -0.39 is 17.4 Å². The number of aliphatic imine (C=N–C) groups is 1. The second kappa shape index (κ2) is 10.3. The number of rotatable bonds is 8. The average molecular weight is 476 g/mol. The molecule has 11 heteroatoms. The molecule has 6 N–H and O–H groups in total. The monoisotopic (exact) mass is 475 g/mol. The van der Waals surface area contributed by atoms with Crippen molar-refractivity contribution in [1.82, 2.24) is 25.2 Å². The van der Waals surface area contributed by atoms with Crippen molar-refractivity contribution in [3.63, 3.8) is 0 Å². The van der Waals surface area contributed by atoms with Gasteiger partial charge in [-0.25, -0.2) is 15.0 Å². The number of amides is 1. The standard InChI is InChI=1S/C24H26FN9O/c25-20-13-16(5-10-29-20)31-22(27)17(23(28)35)14-30-24(6-9-26)7-11-34(12-8-24)15-21-32-18-3-1-2-4-19(18)33-21/h1-5,10,13-14,30H,6-8,11-12,15H2,(H2,28,35)(H,32,33)(H2,27,29,31)/b17-14+. The van der Waals surface area contributed by atoms with Gasteiger partial charge in [-0.3, -0.25) is 9.69 Å². The first-order chi connectivity index (χ1) is 16.9. The van der Waals surface area contributed by atoms with E-state index in [9.17, 15) is 14.4 Å². The zero-order valence-electron chi connectivity index (χ0n) is 19.0. The van der Waals surface area contributed by atoms with E-state index in [0.717, 1.165) is 36.0 Å². The van der Waals surface area contributed by atoms with Gasteiger partial charge < -0.3 is 21.8 Å². The van der Waals surface area contributed by atoms with Crippen molar-refractivity contribution in [3.05, 3.63) is 66.1 Å². The number of piperidine rings is 1. The van der Waals surface area contributed by atoms with Crippen LogP contribution in [0.2, 0.25) is 0 Å². The Morgan fingerprint density at radius 2 is 2.09 bits per heavy atom. The molecule has 4 rings (SSSR count). The molecule has 0 saturated carbocycles. The smallest absolute Gasteiger partial charge is 0.253 e. The second-order valence-electron chi connectivity index (χ2n) is 8.49. The van der Waals surface area contributed by atoms with Crippen molar-refractivity contribution < 1.29 is 9.18 Å². The van der Waals surface area contributed by atoms with Crippen molar-refractivity contribution >= 4 is 28.5 Å². The molecular weight excluding hydrogens is 449 g/mol. The molecular formula is C24H26FN9O. The summed E-state index contributed by atoms with van der Waals surface area (Å²) < 4.78 is 13.3. The van der Waals surface area contributed by atoms with Gasteiger partial charge in [0.2, 0.25) is 5.95 Å². The van der Waals surface area contributed by atoms with Gasteiger partial charge in [-0.05, 0) is 31.0 Å². The van der Waals surface area contributed by atoms with Crippen molar-refractivity contribution in [2.75, 3.05) is 13.1 Å². The van der Waals surface area contributed by atoms with Crippen LogP contribution in [0.1, 0.15) is 25.1 Å². The average Bonchev–Trinajstić information content (AvgIpc) is 3.23. The Bertz CT molecular complexity index is 1280. The first kappa shape index (κ1) is 23.8. The lowest BCUT2D eigenvalue weighted by atomic mass is 9.84. The molecule has 0 bridgehead atoms. The minimum absolute atomic E-state index is 0.0516. The van der Waals surface area contributed by atoms with E-state index >= 15 is 0 Å². The van der Waals surface area contributed by atoms with Crippen LogP contribution in [-0.2, 0) is 11.3 Å². The molecule has 1 fully saturated rings. The Kier molecular flexibility index (Phi) is 7.03. The topological polar surface area (TPSA) is 162 Å². The van der Waals surface area contributed by atoms with Gasteiger partial charge in [-0.1, -0.05) is 12.1 Å². The number of nitriles is 1. The van der Waals surface area contributed by atoms with Crippen LogP contribution in [0.25, 0.3) is 11.0 Å². The van der Waals surface area contributed by atoms with Crippen LogP contribution in [0, 0.1) is 17.3 Å². The van der Waals surface area contributed by atoms with Crippen LogP contribution in [-0.4, -0.2) is 50.2 Å². The maximum atomic E-state index is 13.3. The number of hydrogen-bond acceptors (Lipinski definition) is 7.